The summed E-state index contributed by atoms with van der Waals surface area (Å²) in [5, 5.41) is 6.14. The molecule has 1 atom stereocenters. The van der Waals surface area contributed by atoms with Crippen molar-refractivity contribution in [2.45, 2.75) is 26.2 Å². The van der Waals surface area contributed by atoms with Gasteiger partial charge in [-0.3, -0.25) is 4.79 Å². The minimum absolute atomic E-state index is 0.0124. The second-order valence-electron chi connectivity index (χ2n) is 5.47. The lowest BCUT2D eigenvalue weighted by Crippen LogP contribution is -2.15. The Morgan fingerprint density at radius 3 is 2.90 bits per heavy atom. The summed E-state index contributed by atoms with van der Waals surface area (Å²) < 4.78 is 4.73. The highest BCUT2D eigenvalue weighted by molar-refractivity contribution is 5.95. The van der Waals surface area contributed by atoms with Crippen LogP contribution in [-0.2, 0) is 9.53 Å². The lowest BCUT2D eigenvalue weighted by atomic mass is 10.0. The number of hydrogen-bond donors (Lipinski definition) is 2. The molecule has 0 spiro atoms. The first-order chi connectivity index (χ1) is 10.1. The van der Waals surface area contributed by atoms with E-state index in [1.807, 2.05) is 13.0 Å². The standard InChI is InChI=1S/C16H22N2O3/c1-11-3-5-13(9-14(11)16(20)21-2)18-15(19)6-4-12-7-8-17-10-12/h3,5,9,12,17H,4,6-8,10H2,1-2H3,(H,18,19). The van der Waals surface area contributed by atoms with Crippen LogP contribution in [0.4, 0.5) is 5.69 Å². The van der Waals surface area contributed by atoms with E-state index in [0.717, 1.165) is 31.5 Å². The van der Waals surface area contributed by atoms with E-state index in [9.17, 15) is 9.59 Å². The van der Waals surface area contributed by atoms with Gasteiger partial charge in [0.2, 0.25) is 5.91 Å². The van der Waals surface area contributed by atoms with E-state index in [4.69, 9.17) is 4.74 Å². The molecule has 1 fully saturated rings. The Kier molecular flexibility index (Phi) is 5.33. The monoisotopic (exact) mass is 290 g/mol. The zero-order valence-electron chi connectivity index (χ0n) is 12.6. The first-order valence-electron chi connectivity index (χ1n) is 7.29. The number of benzene rings is 1. The number of esters is 1. The highest BCUT2D eigenvalue weighted by Gasteiger charge is 2.16. The van der Waals surface area contributed by atoms with E-state index in [0.29, 0.717) is 23.6 Å². The van der Waals surface area contributed by atoms with Crippen LogP contribution >= 0.6 is 0 Å². The molecule has 0 bridgehead atoms. The molecule has 2 rings (SSSR count). The molecule has 1 aliphatic rings. The minimum Gasteiger partial charge on any atom is -0.465 e. The maximum Gasteiger partial charge on any atom is 0.338 e. The van der Waals surface area contributed by atoms with E-state index in [1.165, 1.54) is 7.11 Å². The van der Waals surface area contributed by atoms with Gasteiger partial charge in [-0.2, -0.15) is 0 Å². The molecule has 0 aliphatic carbocycles. The predicted molar refractivity (Wildman–Crippen MR) is 81.4 cm³/mol. The molecule has 0 radical (unpaired) electrons. The second-order valence-corrected chi connectivity index (χ2v) is 5.47. The Morgan fingerprint density at radius 1 is 1.43 bits per heavy atom. The van der Waals surface area contributed by atoms with Crippen molar-refractivity contribution in [1.82, 2.24) is 5.32 Å². The molecule has 1 amide bonds. The number of ether oxygens (including phenoxy) is 1. The lowest BCUT2D eigenvalue weighted by Gasteiger charge is -2.10. The fourth-order valence-electron chi connectivity index (χ4n) is 2.55. The second kappa shape index (κ2) is 7.22. The molecule has 1 heterocycles. The van der Waals surface area contributed by atoms with Gasteiger partial charge in [-0.15, -0.1) is 0 Å². The molecule has 5 heteroatoms. The van der Waals surface area contributed by atoms with Crippen LogP contribution in [0.25, 0.3) is 0 Å². The number of carbonyl (C=O) groups is 2. The highest BCUT2D eigenvalue weighted by atomic mass is 16.5. The van der Waals surface area contributed by atoms with Crippen LogP contribution in [0.2, 0.25) is 0 Å². The molecule has 1 saturated heterocycles. The van der Waals surface area contributed by atoms with Gasteiger partial charge in [0.25, 0.3) is 0 Å². The summed E-state index contributed by atoms with van der Waals surface area (Å²) in [6, 6.07) is 5.27. The van der Waals surface area contributed by atoms with Crippen LogP contribution < -0.4 is 10.6 Å². The largest absolute Gasteiger partial charge is 0.465 e. The molecule has 0 aromatic heterocycles. The van der Waals surface area contributed by atoms with Gasteiger partial charge in [0.05, 0.1) is 12.7 Å². The van der Waals surface area contributed by atoms with Crippen molar-refractivity contribution in [3.63, 3.8) is 0 Å². The molecular weight excluding hydrogens is 268 g/mol. The first-order valence-corrected chi connectivity index (χ1v) is 7.29. The van der Waals surface area contributed by atoms with Crippen LogP contribution in [0.15, 0.2) is 18.2 Å². The third-order valence-electron chi connectivity index (χ3n) is 3.87. The van der Waals surface area contributed by atoms with E-state index >= 15 is 0 Å². The van der Waals surface area contributed by atoms with Crippen molar-refractivity contribution in [2.75, 3.05) is 25.5 Å². The lowest BCUT2D eigenvalue weighted by molar-refractivity contribution is -0.116. The van der Waals surface area contributed by atoms with Crippen LogP contribution in [0.1, 0.15) is 35.2 Å². The summed E-state index contributed by atoms with van der Waals surface area (Å²) >= 11 is 0. The molecule has 1 aromatic carbocycles. The van der Waals surface area contributed by atoms with Crippen LogP contribution in [-0.4, -0.2) is 32.1 Å². The van der Waals surface area contributed by atoms with Crippen molar-refractivity contribution in [1.29, 1.82) is 0 Å². The molecule has 1 aromatic rings. The minimum atomic E-state index is -0.388. The highest BCUT2D eigenvalue weighted by Crippen LogP contribution is 2.18. The topological polar surface area (TPSA) is 67.4 Å². The number of amides is 1. The first kappa shape index (κ1) is 15.5. The Labute approximate surface area is 125 Å². The van der Waals surface area contributed by atoms with E-state index in [2.05, 4.69) is 10.6 Å². The number of aryl methyl sites for hydroxylation is 1. The number of hydrogen-bond acceptors (Lipinski definition) is 4. The smallest absolute Gasteiger partial charge is 0.338 e. The fraction of sp³-hybridized carbons (Fsp3) is 0.500. The van der Waals surface area contributed by atoms with E-state index in [1.54, 1.807) is 12.1 Å². The quantitative estimate of drug-likeness (QED) is 0.815. The number of anilines is 1. The van der Waals surface area contributed by atoms with Gasteiger partial charge < -0.3 is 15.4 Å². The van der Waals surface area contributed by atoms with Crippen LogP contribution in [0.3, 0.4) is 0 Å². The Bertz CT molecular complexity index is 522. The van der Waals surface area contributed by atoms with Gasteiger partial charge in [-0.25, -0.2) is 4.79 Å². The SMILES string of the molecule is COC(=O)c1cc(NC(=O)CCC2CCNC2)ccc1C. The molecule has 1 unspecified atom stereocenters. The zero-order valence-corrected chi connectivity index (χ0v) is 12.6. The van der Waals surface area contributed by atoms with E-state index in [-0.39, 0.29) is 11.9 Å². The van der Waals surface area contributed by atoms with Gasteiger partial charge in [0.15, 0.2) is 0 Å². The number of nitrogens with one attached hydrogen (secondary N) is 2. The molecule has 2 N–H and O–H groups in total. The third-order valence-corrected chi connectivity index (χ3v) is 3.87. The van der Waals surface area contributed by atoms with Crippen molar-refractivity contribution >= 4 is 17.6 Å². The number of carbonyl (C=O) groups excluding carboxylic acids is 2. The third kappa shape index (κ3) is 4.29. The summed E-state index contributed by atoms with van der Waals surface area (Å²) in [6.07, 6.45) is 2.55. The number of rotatable bonds is 5. The van der Waals surface area contributed by atoms with Crippen molar-refractivity contribution in [2.24, 2.45) is 5.92 Å². The van der Waals surface area contributed by atoms with E-state index < -0.39 is 0 Å². The molecular formula is C16H22N2O3. The predicted octanol–water partition coefficient (Wildman–Crippen LogP) is 2.11. The van der Waals surface area contributed by atoms with Gasteiger partial charge in [-0.1, -0.05) is 6.07 Å². The normalized spacial score (nSPS) is 17.5. The Balaban J connectivity index is 1.92. The van der Waals surface area contributed by atoms with Gasteiger partial charge in [-0.05, 0) is 56.5 Å². The van der Waals surface area contributed by atoms with Crippen molar-refractivity contribution < 1.29 is 14.3 Å². The van der Waals surface area contributed by atoms with Crippen LogP contribution in [0.5, 0.6) is 0 Å². The maximum absolute atomic E-state index is 12.0. The van der Waals surface area contributed by atoms with Crippen LogP contribution in [0, 0.1) is 12.8 Å². The Hall–Kier alpha value is -1.88. The summed E-state index contributed by atoms with van der Waals surface area (Å²) in [6.45, 7) is 3.89. The molecule has 21 heavy (non-hydrogen) atoms. The summed E-state index contributed by atoms with van der Waals surface area (Å²) in [5.41, 5.74) is 1.95. The number of methoxy groups -OCH3 is 1. The van der Waals surface area contributed by atoms with Crippen molar-refractivity contribution in [3.05, 3.63) is 29.3 Å². The van der Waals surface area contributed by atoms with Crippen molar-refractivity contribution in [3.8, 4) is 0 Å². The van der Waals surface area contributed by atoms with Gasteiger partial charge >= 0.3 is 5.97 Å². The average molecular weight is 290 g/mol. The van der Waals surface area contributed by atoms with Gasteiger partial charge in [0.1, 0.15) is 0 Å². The summed E-state index contributed by atoms with van der Waals surface area (Å²) in [4.78, 5) is 23.6. The average Bonchev–Trinajstić information content (AvgIpc) is 2.99. The zero-order chi connectivity index (χ0) is 15.2. The summed E-state index contributed by atoms with van der Waals surface area (Å²) in [7, 11) is 1.35. The molecule has 1 aliphatic heterocycles. The summed E-state index contributed by atoms with van der Waals surface area (Å²) in [5.74, 6) is 0.196. The fourth-order valence-corrected chi connectivity index (χ4v) is 2.55. The molecule has 5 nitrogen and oxygen atoms in total. The maximum atomic E-state index is 12.0. The van der Waals surface area contributed by atoms with Gasteiger partial charge in [0, 0.05) is 12.1 Å². The molecule has 114 valence electrons. The Morgan fingerprint density at radius 2 is 2.24 bits per heavy atom. The molecule has 0 saturated carbocycles.